The van der Waals surface area contributed by atoms with Gasteiger partial charge in [0.25, 0.3) is 0 Å². The van der Waals surface area contributed by atoms with E-state index in [1.165, 1.54) is 6.07 Å². The van der Waals surface area contributed by atoms with Crippen molar-refractivity contribution in [1.82, 2.24) is 5.32 Å². The van der Waals surface area contributed by atoms with Crippen LogP contribution < -0.4 is 5.32 Å². The summed E-state index contributed by atoms with van der Waals surface area (Å²) in [5.74, 6) is -0.533. The molecule has 0 unspecified atom stereocenters. The zero-order valence-electron chi connectivity index (χ0n) is 14.6. The molecule has 2 aromatic rings. The molecular formula is C20H24FNO4. The third-order valence-corrected chi connectivity index (χ3v) is 3.69. The zero-order chi connectivity index (χ0) is 18.6. The summed E-state index contributed by atoms with van der Waals surface area (Å²) in [6.07, 6.45) is 0.252. The molecule has 0 spiro atoms. The van der Waals surface area contributed by atoms with Crippen LogP contribution in [0.3, 0.4) is 0 Å². The highest BCUT2D eigenvalue weighted by atomic mass is 19.1. The minimum Gasteiger partial charge on any atom is -0.394 e. The summed E-state index contributed by atoms with van der Waals surface area (Å²) in [6.45, 7) is 1.24. The van der Waals surface area contributed by atoms with Crippen LogP contribution in [0.15, 0.2) is 48.5 Å². The third-order valence-electron chi connectivity index (χ3n) is 3.69. The van der Waals surface area contributed by atoms with Crippen LogP contribution in [0.1, 0.15) is 23.1 Å². The normalized spacial score (nSPS) is 10.7. The Balaban J connectivity index is 1.66. The van der Waals surface area contributed by atoms with Crippen LogP contribution >= 0.6 is 0 Å². The van der Waals surface area contributed by atoms with Gasteiger partial charge in [-0.2, -0.15) is 0 Å². The lowest BCUT2D eigenvalue weighted by Crippen LogP contribution is -2.24. The molecule has 0 aliphatic rings. The van der Waals surface area contributed by atoms with E-state index in [0.717, 1.165) is 5.56 Å². The number of amides is 1. The summed E-state index contributed by atoms with van der Waals surface area (Å²) < 4.78 is 24.5. The van der Waals surface area contributed by atoms with Crippen LogP contribution in [0.5, 0.6) is 0 Å². The van der Waals surface area contributed by atoms with Gasteiger partial charge in [0, 0.05) is 18.5 Å². The van der Waals surface area contributed by atoms with Crippen LogP contribution in [0.25, 0.3) is 0 Å². The maximum absolute atomic E-state index is 13.9. The molecule has 2 aromatic carbocycles. The van der Waals surface area contributed by atoms with Crippen LogP contribution in [0, 0.1) is 5.82 Å². The number of hydrogen-bond donors (Lipinski definition) is 2. The van der Waals surface area contributed by atoms with E-state index in [-0.39, 0.29) is 44.5 Å². The number of hydrogen-bond acceptors (Lipinski definition) is 4. The summed E-state index contributed by atoms with van der Waals surface area (Å²) in [6, 6.07) is 14.5. The monoisotopic (exact) mass is 361 g/mol. The molecule has 0 aromatic heterocycles. The quantitative estimate of drug-likeness (QED) is 0.604. The molecule has 2 N–H and O–H groups in total. The van der Waals surface area contributed by atoms with Gasteiger partial charge in [0.1, 0.15) is 5.82 Å². The minimum absolute atomic E-state index is 0.0964. The van der Waals surface area contributed by atoms with E-state index >= 15 is 0 Å². The van der Waals surface area contributed by atoms with Crippen LogP contribution in [0.4, 0.5) is 4.39 Å². The summed E-state index contributed by atoms with van der Waals surface area (Å²) >= 11 is 0. The number of carbonyl (C=O) groups excluding carboxylic acids is 1. The highest BCUT2D eigenvalue weighted by molar-refractivity contribution is 5.75. The first-order chi connectivity index (χ1) is 12.7. The standard InChI is InChI=1S/C20H24FNO4/c21-19-12-17(6-7-18(19)15-26-11-9-23)13-22-20(24)8-10-25-14-16-4-2-1-3-5-16/h1-7,12,23H,8-11,13-15H2,(H,22,24). The Morgan fingerprint density at radius 3 is 2.50 bits per heavy atom. The SMILES string of the molecule is O=C(CCOCc1ccccc1)NCc1ccc(COCCO)c(F)c1. The Kier molecular flexibility index (Phi) is 8.75. The largest absolute Gasteiger partial charge is 0.394 e. The molecule has 0 fully saturated rings. The Hall–Kier alpha value is -2.28. The highest BCUT2D eigenvalue weighted by Crippen LogP contribution is 2.12. The van der Waals surface area contributed by atoms with Gasteiger partial charge in [0.05, 0.1) is 33.0 Å². The second kappa shape index (κ2) is 11.4. The molecule has 5 nitrogen and oxygen atoms in total. The molecule has 0 heterocycles. The van der Waals surface area contributed by atoms with Crippen molar-refractivity contribution in [2.75, 3.05) is 19.8 Å². The van der Waals surface area contributed by atoms with E-state index in [4.69, 9.17) is 14.6 Å². The zero-order valence-corrected chi connectivity index (χ0v) is 14.6. The van der Waals surface area contributed by atoms with Crippen LogP contribution in [-0.2, 0) is 34.0 Å². The molecule has 2 rings (SSSR count). The number of halogens is 1. The van der Waals surface area contributed by atoms with Crippen molar-refractivity contribution in [1.29, 1.82) is 0 Å². The fourth-order valence-corrected chi connectivity index (χ4v) is 2.28. The molecule has 0 radical (unpaired) electrons. The molecule has 26 heavy (non-hydrogen) atoms. The minimum atomic E-state index is -0.388. The van der Waals surface area contributed by atoms with Crippen molar-refractivity contribution in [2.24, 2.45) is 0 Å². The van der Waals surface area contributed by atoms with E-state index in [9.17, 15) is 9.18 Å². The van der Waals surface area contributed by atoms with Gasteiger partial charge >= 0.3 is 0 Å². The Labute approximate surface area is 152 Å². The fraction of sp³-hybridized carbons (Fsp3) is 0.350. The second-order valence-electron chi connectivity index (χ2n) is 5.77. The summed E-state index contributed by atoms with van der Waals surface area (Å²) in [5.41, 5.74) is 2.15. The summed E-state index contributed by atoms with van der Waals surface area (Å²) in [7, 11) is 0. The van der Waals surface area contributed by atoms with Crippen molar-refractivity contribution in [3.63, 3.8) is 0 Å². The lowest BCUT2D eigenvalue weighted by Gasteiger charge is -2.09. The number of aliphatic hydroxyl groups excluding tert-OH is 1. The number of nitrogens with one attached hydrogen (secondary N) is 1. The van der Waals surface area contributed by atoms with Gasteiger partial charge < -0.3 is 19.9 Å². The molecule has 0 aliphatic heterocycles. The molecule has 0 saturated heterocycles. The molecule has 140 valence electrons. The van der Waals surface area contributed by atoms with Gasteiger partial charge in [-0.1, -0.05) is 42.5 Å². The third kappa shape index (κ3) is 7.31. The number of carbonyl (C=O) groups is 1. The van der Waals surface area contributed by atoms with Crippen molar-refractivity contribution in [3.05, 3.63) is 71.0 Å². The fourth-order valence-electron chi connectivity index (χ4n) is 2.28. The van der Waals surface area contributed by atoms with Gasteiger partial charge in [-0.25, -0.2) is 4.39 Å². The molecule has 0 bridgehead atoms. The average molecular weight is 361 g/mol. The predicted octanol–water partition coefficient (Wildman–Crippen LogP) is 2.56. The maximum atomic E-state index is 13.9. The molecule has 0 saturated carbocycles. The second-order valence-corrected chi connectivity index (χ2v) is 5.77. The first kappa shape index (κ1) is 20.0. The predicted molar refractivity (Wildman–Crippen MR) is 95.7 cm³/mol. The lowest BCUT2D eigenvalue weighted by molar-refractivity contribution is -0.122. The van der Waals surface area contributed by atoms with Crippen molar-refractivity contribution in [3.8, 4) is 0 Å². The molecule has 0 atom stereocenters. The smallest absolute Gasteiger partial charge is 0.222 e. The Morgan fingerprint density at radius 1 is 1.00 bits per heavy atom. The van der Waals surface area contributed by atoms with Gasteiger partial charge in [-0.15, -0.1) is 0 Å². The average Bonchev–Trinajstić information content (AvgIpc) is 2.66. The highest BCUT2D eigenvalue weighted by Gasteiger charge is 2.06. The van der Waals surface area contributed by atoms with Crippen molar-refractivity contribution < 1.29 is 23.8 Å². The van der Waals surface area contributed by atoms with Gasteiger partial charge in [0.2, 0.25) is 5.91 Å². The van der Waals surface area contributed by atoms with Crippen LogP contribution in [0.2, 0.25) is 0 Å². The number of aliphatic hydroxyl groups is 1. The van der Waals surface area contributed by atoms with Gasteiger partial charge in [-0.05, 0) is 17.2 Å². The molecule has 1 amide bonds. The van der Waals surface area contributed by atoms with Crippen molar-refractivity contribution >= 4 is 5.91 Å². The lowest BCUT2D eigenvalue weighted by atomic mass is 10.1. The van der Waals surface area contributed by atoms with E-state index in [1.54, 1.807) is 12.1 Å². The van der Waals surface area contributed by atoms with Gasteiger partial charge in [0.15, 0.2) is 0 Å². The van der Waals surface area contributed by atoms with E-state index in [1.807, 2.05) is 30.3 Å². The Morgan fingerprint density at radius 2 is 1.77 bits per heavy atom. The first-order valence-electron chi connectivity index (χ1n) is 8.53. The van der Waals surface area contributed by atoms with E-state index < -0.39 is 0 Å². The summed E-state index contributed by atoms with van der Waals surface area (Å²) in [4.78, 5) is 11.8. The van der Waals surface area contributed by atoms with E-state index in [2.05, 4.69) is 5.32 Å². The molecule has 0 aliphatic carbocycles. The number of ether oxygens (including phenoxy) is 2. The van der Waals surface area contributed by atoms with Gasteiger partial charge in [-0.3, -0.25) is 4.79 Å². The van der Waals surface area contributed by atoms with Crippen LogP contribution in [-0.4, -0.2) is 30.8 Å². The molecule has 6 heteroatoms. The topological polar surface area (TPSA) is 67.8 Å². The maximum Gasteiger partial charge on any atom is 0.222 e. The number of benzene rings is 2. The van der Waals surface area contributed by atoms with Crippen molar-refractivity contribution in [2.45, 2.75) is 26.2 Å². The van der Waals surface area contributed by atoms with E-state index in [0.29, 0.717) is 24.3 Å². The number of rotatable bonds is 11. The Bertz CT molecular complexity index is 679. The first-order valence-corrected chi connectivity index (χ1v) is 8.53. The molecular weight excluding hydrogens is 337 g/mol. The summed E-state index contributed by atoms with van der Waals surface area (Å²) in [5, 5.41) is 11.4.